The molecule has 1 aliphatic rings. The number of hydrogen-bond acceptors (Lipinski definition) is 3. The third-order valence-corrected chi connectivity index (χ3v) is 6.09. The van der Waals surface area contributed by atoms with Gasteiger partial charge in [0.05, 0.1) is 5.02 Å². The highest BCUT2D eigenvalue weighted by molar-refractivity contribution is 7.89. The molecule has 4 nitrogen and oxygen atoms in total. The molecule has 1 aromatic rings. The van der Waals surface area contributed by atoms with Crippen molar-refractivity contribution >= 4 is 21.6 Å². The Bertz CT molecular complexity index is 596. The maximum atomic E-state index is 12.4. The molecule has 1 aliphatic heterocycles. The van der Waals surface area contributed by atoms with Gasteiger partial charge in [0.25, 0.3) is 0 Å². The van der Waals surface area contributed by atoms with E-state index < -0.39 is 10.0 Å². The van der Waals surface area contributed by atoms with Crippen molar-refractivity contribution in [3.05, 3.63) is 28.8 Å². The van der Waals surface area contributed by atoms with Crippen LogP contribution in [-0.4, -0.2) is 39.5 Å². The number of nitrogens with zero attached hydrogens (tertiary/aromatic N) is 1. The van der Waals surface area contributed by atoms with E-state index in [-0.39, 0.29) is 9.92 Å². The predicted octanol–water partition coefficient (Wildman–Crippen LogP) is 3.05. The van der Waals surface area contributed by atoms with Crippen LogP contribution in [0.15, 0.2) is 23.1 Å². The van der Waals surface area contributed by atoms with Crippen molar-refractivity contribution < 1.29 is 8.42 Å². The number of rotatable bonds is 6. The molecule has 0 saturated carbocycles. The molecule has 0 aromatic heterocycles. The molecule has 1 fully saturated rings. The van der Waals surface area contributed by atoms with Gasteiger partial charge in [0.15, 0.2) is 0 Å². The summed E-state index contributed by atoms with van der Waals surface area (Å²) in [6.07, 6.45) is 3.26. The lowest BCUT2D eigenvalue weighted by molar-refractivity contribution is 0.186. The molecule has 1 N–H and O–H groups in total. The van der Waals surface area contributed by atoms with Gasteiger partial charge in [-0.2, -0.15) is 0 Å². The van der Waals surface area contributed by atoms with Gasteiger partial charge in [-0.3, -0.25) is 0 Å². The minimum absolute atomic E-state index is 0.170. The van der Waals surface area contributed by atoms with E-state index in [4.69, 9.17) is 11.6 Å². The number of sulfonamides is 1. The van der Waals surface area contributed by atoms with Crippen LogP contribution in [0.2, 0.25) is 5.02 Å². The molecule has 6 heteroatoms. The van der Waals surface area contributed by atoms with E-state index in [0.717, 1.165) is 38.0 Å². The second-order valence-corrected chi connectivity index (χ2v) is 8.21. The van der Waals surface area contributed by atoms with Gasteiger partial charge in [0, 0.05) is 6.54 Å². The van der Waals surface area contributed by atoms with E-state index in [1.165, 1.54) is 6.42 Å². The van der Waals surface area contributed by atoms with E-state index in [1.807, 2.05) is 6.92 Å². The average Bonchev–Trinajstić information content (AvgIpc) is 2.46. The van der Waals surface area contributed by atoms with Gasteiger partial charge in [-0.05, 0) is 69.4 Å². The Kier molecular flexibility index (Phi) is 6.26. The highest BCUT2D eigenvalue weighted by Crippen LogP contribution is 2.23. The summed E-state index contributed by atoms with van der Waals surface area (Å²) in [4.78, 5) is 2.62. The first-order valence-electron chi connectivity index (χ1n) is 7.90. The predicted molar refractivity (Wildman–Crippen MR) is 90.8 cm³/mol. The third kappa shape index (κ3) is 4.69. The van der Waals surface area contributed by atoms with Gasteiger partial charge in [-0.1, -0.05) is 24.6 Å². The van der Waals surface area contributed by atoms with Crippen LogP contribution >= 0.6 is 11.6 Å². The standard InChI is InChI=1S/C16H25ClN2O2S/c1-3-8-19-9-6-14(7-10-19)12-18-22(20,21)16-5-4-13(2)11-15(16)17/h4-5,11,14,18H,3,6-10,12H2,1-2H3. The van der Waals surface area contributed by atoms with E-state index in [9.17, 15) is 8.42 Å². The molecular weight excluding hydrogens is 320 g/mol. The first-order chi connectivity index (χ1) is 10.4. The fourth-order valence-electron chi connectivity index (χ4n) is 2.86. The molecule has 0 spiro atoms. The van der Waals surface area contributed by atoms with Crippen molar-refractivity contribution in [3.63, 3.8) is 0 Å². The molecule has 0 amide bonds. The summed E-state index contributed by atoms with van der Waals surface area (Å²) in [6.45, 7) is 7.83. The van der Waals surface area contributed by atoms with Crippen molar-refractivity contribution in [2.45, 2.75) is 38.0 Å². The average molecular weight is 345 g/mol. The zero-order chi connectivity index (χ0) is 16.2. The maximum absolute atomic E-state index is 12.4. The Morgan fingerprint density at radius 3 is 2.59 bits per heavy atom. The van der Waals surface area contributed by atoms with Crippen LogP contribution in [0.5, 0.6) is 0 Å². The van der Waals surface area contributed by atoms with Crippen molar-refractivity contribution in [1.29, 1.82) is 0 Å². The first-order valence-corrected chi connectivity index (χ1v) is 9.76. The van der Waals surface area contributed by atoms with Gasteiger partial charge in [0.2, 0.25) is 10.0 Å². The second kappa shape index (κ2) is 7.77. The molecule has 1 aromatic carbocycles. The number of hydrogen-bond donors (Lipinski definition) is 1. The van der Waals surface area contributed by atoms with Gasteiger partial charge >= 0.3 is 0 Å². The van der Waals surface area contributed by atoms with Crippen LogP contribution in [-0.2, 0) is 10.0 Å². The lowest BCUT2D eigenvalue weighted by Gasteiger charge is -2.31. The van der Waals surface area contributed by atoms with Crippen molar-refractivity contribution in [3.8, 4) is 0 Å². The number of benzene rings is 1. The number of aryl methyl sites for hydroxylation is 1. The molecule has 0 aliphatic carbocycles. The van der Waals surface area contributed by atoms with Crippen LogP contribution in [0.25, 0.3) is 0 Å². The van der Waals surface area contributed by atoms with Gasteiger partial charge in [-0.25, -0.2) is 13.1 Å². The van der Waals surface area contributed by atoms with Gasteiger partial charge < -0.3 is 4.90 Å². The maximum Gasteiger partial charge on any atom is 0.242 e. The first kappa shape index (κ1) is 17.7. The van der Waals surface area contributed by atoms with E-state index in [1.54, 1.807) is 18.2 Å². The number of likely N-dealkylation sites (tertiary alicyclic amines) is 1. The molecule has 0 unspecified atom stereocenters. The number of piperidine rings is 1. The summed E-state index contributed by atoms with van der Waals surface area (Å²) in [5, 5.41) is 0.283. The molecule has 0 atom stereocenters. The van der Waals surface area contributed by atoms with E-state index in [0.29, 0.717) is 12.5 Å². The van der Waals surface area contributed by atoms with Crippen LogP contribution in [0.4, 0.5) is 0 Å². The Morgan fingerprint density at radius 1 is 1.32 bits per heavy atom. The highest BCUT2D eigenvalue weighted by Gasteiger charge is 2.22. The summed E-state index contributed by atoms with van der Waals surface area (Å²) in [6, 6.07) is 5.02. The molecule has 1 heterocycles. The summed E-state index contributed by atoms with van der Waals surface area (Å²) < 4.78 is 27.5. The normalized spacial score (nSPS) is 17.8. The Labute approximate surface area is 138 Å². The van der Waals surface area contributed by atoms with Gasteiger partial charge in [0.1, 0.15) is 4.90 Å². The Hall–Kier alpha value is -0.620. The minimum Gasteiger partial charge on any atom is -0.303 e. The molecular formula is C16H25ClN2O2S. The summed E-state index contributed by atoms with van der Waals surface area (Å²) in [5.74, 6) is 0.409. The zero-order valence-corrected chi connectivity index (χ0v) is 14.9. The van der Waals surface area contributed by atoms with Crippen molar-refractivity contribution in [1.82, 2.24) is 9.62 Å². The van der Waals surface area contributed by atoms with Crippen LogP contribution in [0, 0.1) is 12.8 Å². The number of nitrogens with one attached hydrogen (secondary N) is 1. The topological polar surface area (TPSA) is 49.4 Å². The summed E-state index contributed by atoms with van der Waals surface area (Å²) >= 11 is 6.06. The highest BCUT2D eigenvalue weighted by atomic mass is 35.5. The molecule has 0 radical (unpaired) electrons. The fourth-order valence-corrected chi connectivity index (χ4v) is 4.57. The SMILES string of the molecule is CCCN1CCC(CNS(=O)(=O)c2ccc(C)cc2Cl)CC1. The Balaban J connectivity index is 1.91. The van der Waals surface area contributed by atoms with Crippen LogP contribution < -0.4 is 4.72 Å². The van der Waals surface area contributed by atoms with Crippen LogP contribution in [0.3, 0.4) is 0 Å². The largest absolute Gasteiger partial charge is 0.303 e. The summed E-state index contributed by atoms with van der Waals surface area (Å²) in [5.41, 5.74) is 0.951. The van der Waals surface area contributed by atoms with Gasteiger partial charge in [-0.15, -0.1) is 0 Å². The van der Waals surface area contributed by atoms with E-state index in [2.05, 4.69) is 16.5 Å². The minimum atomic E-state index is -3.53. The molecule has 0 bridgehead atoms. The smallest absolute Gasteiger partial charge is 0.242 e. The monoisotopic (exact) mass is 344 g/mol. The molecule has 22 heavy (non-hydrogen) atoms. The summed E-state index contributed by atoms with van der Waals surface area (Å²) in [7, 11) is -3.53. The lowest BCUT2D eigenvalue weighted by atomic mass is 9.97. The van der Waals surface area contributed by atoms with Crippen molar-refractivity contribution in [2.75, 3.05) is 26.2 Å². The van der Waals surface area contributed by atoms with E-state index >= 15 is 0 Å². The molecule has 2 rings (SSSR count). The second-order valence-electron chi connectivity index (χ2n) is 6.07. The number of halogens is 1. The lowest BCUT2D eigenvalue weighted by Crippen LogP contribution is -2.38. The zero-order valence-electron chi connectivity index (χ0n) is 13.3. The Morgan fingerprint density at radius 2 is 2.00 bits per heavy atom. The fraction of sp³-hybridized carbons (Fsp3) is 0.625. The quantitative estimate of drug-likeness (QED) is 0.862. The molecule has 124 valence electrons. The van der Waals surface area contributed by atoms with Crippen LogP contribution in [0.1, 0.15) is 31.7 Å². The molecule has 1 saturated heterocycles. The third-order valence-electron chi connectivity index (χ3n) is 4.19. The van der Waals surface area contributed by atoms with Crippen molar-refractivity contribution in [2.24, 2.45) is 5.92 Å².